The van der Waals surface area contributed by atoms with Crippen molar-refractivity contribution < 1.29 is 4.79 Å². The first-order chi connectivity index (χ1) is 9.13. The molecule has 3 heterocycles. The van der Waals surface area contributed by atoms with Gasteiger partial charge in [-0.25, -0.2) is 4.98 Å². The van der Waals surface area contributed by atoms with Gasteiger partial charge in [0.05, 0.1) is 0 Å². The fourth-order valence-electron chi connectivity index (χ4n) is 2.87. The van der Waals surface area contributed by atoms with Crippen molar-refractivity contribution in [2.24, 2.45) is 0 Å². The number of nitrogens with one attached hydrogen (secondary N) is 1. The van der Waals surface area contributed by atoms with Crippen molar-refractivity contribution in [2.75, 3.05) is 5.32 Å². The maximum atomic E-state index is 11.1. The van der Waals surface area contributed by atoms with E-state index < -0.39 is 0 Å². The molecule has 1 N–H and O–H groups in total. The molecule has 0 spiro atoms. The summed E-state index contributed by atoms with van der Waals surface area (Å²) in [5.74, 6) is 0.560. The highest BCUT2D eigenvalue weighted by Gasteiger charge is 2.34. The van der Waals surface area contributed by atoms with Gasteiger partial charge in [0.1, 0.15) is 5.82 Å². The quantitative estimate of drug-likeness (QED) is 0.658. The Morgan fingerprint density at radius 2 is 2.16 bits per heavy atom. The first-order valence-corrected chi connectivity index (χ1v) is 7.57. The molecule has 19 heavy (non-hydrogen) atoms. The smallest absolute Gasteiger partial charge is 0.222 e. The first-order valence-electron chi connectivity index (χ1n) is 6.49. The molecule has 1 aromatic heterocycles. The third kappa shape index (κ3) is 2.67. The summed E-state index contributed by atoms with van der Waals surface area (Å²) < 4.78 is 1.15. The van der Waals surface area contributed by atoms with Crippen LogP contribution in [0.25, 0.3) is 0 Å². The van der Waals surface area contributed by atoms with Crippen LogP contribution in [0.3, 0.4) is 0 Å². The van der Waals surface area contributed by atoms with E-state index in [1.807, 2.05) is 12.3 Å². The van der Waals surface area contributed by atoms with Crippen molar-refractivity contribution in [1.29, 1.82) is 0 Å². The Kier molecular flexibility index (Phi) is 3.58. The van der Waals surface area contributed by atoms with Crippen LogP contribution in [0, 0.1) is 3.57 Å². The zero-order valence-corrected chi connectivity index (χ0v) is 12.9. The molecule has 1 aromatic rings. The molecule has 2 aliphatic heterocycles. The molecular formula is C14H16IN3O. The van der Waals surface area contributed by atoms with Crippen molar-refractivity contribution >= 4 is 34.3 Å². The standard InChI is InChI=1S/C14H16IN3O/c1-9(19)17-14-6-10(13(15)7-16-14)8-18-11-2-3-12(18)5-4-11/h2-3,6-7,11-12H,4-5,8H2,1H3,(H,16,17,19). The summed E-state index contributed by atoms with van der Waals surface area (Å²) in [4.78, 5) is 17.9. The molecular weight excluding hydrogens is 353 g/mol. The highest BCUT2D eigenvalue weighted by atomic mass is 127. The van der Waals surface area contributed by atoms with E-state index in [1.54, 1.807) is 0 Å². The monoisotopic (exact) mass is 369 g/mol. The number of aromatic nitrogens is 1. The summed E-state index contributed by atoms with van der Waals surface area (Å²) in [5.41, 5.74) is 1.24. The zero-order chi connectivity index (χ0) is 13.4. The van der Waals surface area contributed by atoms with Crippen LogP contribution in [0.4, 0.5) is 5.82 Å². The second-order valence-corrected chi connectivity index (χ2v) is 6.27. The van der Waals surface area contributed by atoms with Crippen LogP contribution >= 0.6 is 22.6 Å². The van der Waals surface area contributed by atoms with Crippen LogP contribution in [-0.4, -0.2) is 27.9 Å². The molecule has 0 aromatic carbocycles. The molecule has 5 heteroatoms. The number of carbonyl (C=O) groups excluding carboxylic acids is 1. The number of rotatable bonds is 3. The fourth-order valence-corrected chi connectivity index (χ4v) is 3.34. The summed E-state index contributed by atoms with van der Waals surface area (Å²) in [6.07, 6.45) is 8.99. The minimum absolute atomic E-state index is 0.0810. The number of pyridine rings is 1. The van der Waals surface area contributed by atoms with Gasteiger partial charge in [-0.15, -0.1) is 0 Å². The van der Waals surface area contributed by atoms with Gasteiger partial charge in [0.15, 0.2) is 0 Å². The molecule has 100 valence electrons. The predicted molar refractivity (Wildman–Crippen MR) is 82.8 cm³/mol. The summed E-state index contributed by atoms with van der Waals surface area (Å²) >= 11 is 2.31. The summed E-state index contributed by atoms with van der Waals surface area (Å²) in [6, 6.07) is 3.18. The van der Waals surface area contributed by atoms with E-state index in [-0.39, 0.29) is 5.91 Å². The van der Waals surface area contributed by atoms with Gasteiger partial charge < -0.3 is 5.32 Å². The van der Waals surface area contributed by atoms with Gasteiger partial charge in [0, 0.05) is 35.3 Å². The van der Waals surface area contributed by atoms with Crippen LogP contribution in [-0.2, 0) is 11.3 Å². The largest absolute Gasteiger partial charge is 0.311 e. The summed E-state index contributed by atoms with van der Waals surface area (Å²) in [7, 11) is 0. The van der Waals surface area contributed by atoms with Gasteiger partial charge >= 0.3 is 0 Å². The molecule has 2 atom stereocenters. The van der Waals surface area contributed by atoms with Crippen LogP contribution in [0.15, 0.2) is 24.4 Å². The second kappa shape index (κ2) is 5.20. The molecule has 3 rings (SSSR count). The van der Waals surface area contributed by atoms with E-state index in [0.717, 1.165) is 10.1 Å². The van der Waals surface area contributed by atoms with Gasteiger partial charge in [-0.05, 0) is 47.1 Å². The number of amides is 1. The Balaban J connectivity index is 1.78. The maximum Gasteiger partial charge on any atom is 0.222 e. The lowest BCUT2D eigenvalue weighted by Crippen LogP contribution is -2.29. The molecule has 0 aliphatic carbocycles. The zero-order valence-electron chi connectivity index (χ0n) is 10.8. The van der Waals surface area contributed by atoms with E-state index in [4.69, 9.17) is 0 Å². The van der Waals surface area contributed by atoms with Crippen molar-refractivity contribution in [3.63, 3.8) is 0 Å². The molecule has 1 amide bonds. The fraction of sp³-hybridized carbons (Fsp3) is 0.429. The Labute approximate surface area is 126 Å². The third-order valence-corrected chi connectivity index (χ3v) is 4.73. The number of fused-ring (bicyclic) bond motifs is 2. The van der Waals surface area contributed by atoms with E-state index in [2.05, 4.69) is 49.9 Å². The molecule has 0 saturated carbocycles. The lowest BCUT2D eigenvalue weighted by Gasteiger charge is -2.22. The number of hydrogen-bond donors (Lipinski definition) is 1. The van der Waals surface area contributed by atoms with E-state index in [9.17, 15) is 4.79 Å². The van der Waals surface area contributed by atoms with Crippen LogP contribution in [0.5, 0.6) is 0 Å². The Hall–Kier alpha value is -0.950. The van der Waals surface area contributed by atoms with Gasteiger partial charge in [-0.2, -0.15) is 0 Å². The normalized spacial score (nSPS) is 24.9. The number of hydrogen-bond acceptors (Lipinski definition) is 3. The Morgan fingerprint density at radius 1 is 1.47 bits per heavy atom. The molecule has 2 bridgehead atoms. The summed E-state index contributed by atoms with van der Waals surface area (Å²) in [5, 5.41) is 2.75. The first kappa shape index (κ1) is 13.1. The number of halogens is 1. The molecule has 2 unspecified atom stereocenters. The lowest BCUT2D eigenvalue weighted by atomic mass is 10.1. The van der Waals surface area contributed by atoms with Gasteiger partial charge in [-0.3, -0.25) is 9.69 Å². The highest BCUT2D eigenvalue weighted by molar-refractivity contribution is 14.1. The van der Waals surface area contributed by atoms with Crippen LogP contribution in [0.1, 0.15) is 25.3 Å². The molecule has 4 nitrogen and oxygen atoms in total. The van der Waals surface area contributed by atoms with Crippen LogP contribution < -0.4 is 5.32 Å². The number of anilines is 1. The highest BCUT2D eigenvalue weighted by Crippen LogP contribution is 2.34. The number of carbonyl (C=O) groups is 1. The van der Waals surface area contributed by atoms with Crippen molar-refractivity contribution in [3.05, 3.63) is 33.5 Å². The molecule has 1 saturated heterocycles. The Bertz CT molecular complexity index is 529. The van der Waals surface area contributed by atoms with E-state index in [1.165, 1.54) is 25.3 Å². The summed E-state index contributed by atoms with van der Waals surface area (Å²) in [6.45, 7) is 2.43. The van der Waals surface area contributed by atoms with Crippen molar-refractivity contribution in [1.82, 2.24) is 9.88 Å². The second-order valence-electron chi connectivity index (χ2n) is 5.11. The van der Waals surface area contributed by atoms with Gasteiger partial charge in [0.2, 0.25) is 5.91 Å². The predicted octanol–water partition coefficient (Wildman–Crippen LogP) is 2.55. The molecule has 1 fully saturated rings. The molecule has 0 radical (unpaired) electrons. The van der Waals surface area contributed by atoms with E-state index >= 15 is 0 Å². The van der Waals surface area contributed by atoms with Crippen LogP contribution in [0.2, 0.25) is 0 Å². The lowest BCUT2D eigenvalue weighted by molar-refractivity contribution is -0.114. The van der Waals surface area contributed by atoms with Crippen molar-refractivity contribution in [3.8, 4) is 0 Å². The van der Waals surface area contributed by atoms with Gasteiger partial charge in [-0.1, -0.05) is 12.2 Å². The minimum atomic E-state index is -0.0810. The third-order valence-electron chi connectivity index (χ3n) is 3.76. The van der Waals surface area contributed by atoms with Gasteiger partial charge in [0.25, 0.3) is 0 Å². The average molecular weight is 369 g/mol. The molecule has 2 aliphatic rings. The minimum Gasteiger partial charge on any atom is -0.311 e. The average Bonchev–Trinajstić information content (AvgIpc) is 2.92. The number of nitrogens with zero attached hydrogens (tertiary/aromatic N) is 2. The topological polar surface area (TPSA) is 45.2 Å². The SMILES string of the molecule is CC(=O)Nc1cc(CN2C3C=CC2CC3)c(I)cn1. The Morgan fingerprint density at radius 3 is 2.74 bits per heavy atom. The van der Waals surface area contributed by atoms with Crippen molar-refractivity contribution in [2.45, 2.75) is 38.4 Å². The maximum absolute atomic E-state index is 11.1. The van der Waals surface area contributed by atoms with E-state index in [0.29, 0.717) is 17.9 Å².